The maximum Gasteiger partial charge on any atom is 0.109 e. The molecule has 23 heavy (non-hydrogen) atoms. The summed E-state index contributed by atoms with van der Waals surface area (Å²) in [6.07, 6.45) is 0. The Morgan fingerprint density at radius 2 is 1.52 bits per heavy atom. The molecule has 0 aliphatic carbocycles. The van der Waals surface area contributed by atoms with Crippen molar-refractivity contribution in [3.05, 3.63) is 42.5 Å². The van der Waals surface area contributed by atoms with E-state index in [4.69, 9.17) is 21.7 Å². The van der Waals surface area contributed by atoms with Gasteiger partial charge < -0.3 is 26.6 Å². The first-order valence-electron chi connectivity index (χ1n) is 7.27. The first kappa shape index (κ1) is 16.7. The topological polar surface area (TPSA) is 120 Å². The van der Waals surface area contributed by atoms with Gasteiger partial charge in [-0.1, -0.05) is 0 Å². The van der Waals surface area contributed by atoms with Crippen molar-refractivity contribution in [2.24, 2.45) is 10.2 Å². The number of nitrogens with two attached hydrogens (primary N) is 2. The fraction of sp³-hybridized carbons (Fsp3) is 0.250. The normalized spacial score (nSPS) is 11.0. The average molecular weight is 315 g/mol. The van der Waals surface area contributed by atoms with Gasteiger partial charge in [0.1, 0.15) is 5.69 Å². The molecule has 0 atom stereocenters. The minimum absolute atomic E-state index is 0.0257. The van der Waals surface area contributed by atoms with E-state index in [1.54, 1.807) is 18.2 Å². The number of rotatable bonds is 7. The molecule has 0 aliphatic heterocycles. The predicted octanol–water partition coefficient (Wildman–Crippen LogP) is 2.06. The van der Waals surface area contributed by atoms with Crippen LogP contribution in [0.2, 0.25) is 0 Å². The Kier molecular flexibility index (Phi) is 5.90. The molecule has 0 aliphatic rings. The molecule has 122 valence electrons. The van der Waals surface area contributed by atoms with Crippen molar-refractivity contribution in [1.82, 2.24) is 0 Å². The Balaban J connectivity index is 2.11. The van der Waals surface area contributed by atoms with Crippen LogP contribution in [0.3, 0.4) is 0 Å². The lowest BCUT2D eigenvalue weighted by atomic mass is 10.2. The van der Waals surface area contributed by atoms with Crippen molar-refractivity contribution in [3.63, 3.8) is 0 Å². The van der Waals surface area contributed by atoms with E-state index >= 15 is 0 Å². The third-order valence-corrected chi connectivity index (χ3v) is 3.28. The van der Waals surface area contributed by atoms with Crippen LogP contribution in [0.4, 0.5) is 28.4 Å². The molecule has 7 heteroatoms. The summed E-state index contributed by atoms with van der Waals surface area (Å²) in [7, 11) is 0. The molecule has 0 saturated carbocycles. The zero-order chi connectivity index (χ0) is 16.7. The third kappa shape index (κ3) is 4.67. The van der Waals surface area contributed by atoms with E-state index in [1.165, 1.54) is 0 Å². The molecule has 2 aromatic rings. The van der Waals surface area contributed by atoms with Crippen LogP contribution >= 0.6 is 0 Å². The SMILES string of the molecule is Nc1ccc(N=Nc2ccc(N(CCO)CCO)cc2)c(N)c1. The van der Waals surface area contributed by atoms with Crippen LogP contribution in [0.5, 0.6) is 0 Å². The molecule has 0 aromatic heterocycles. The number of hydrogen-bond acceptors (Lipinski definition) is 7. The highest BCUT2D eigenvalue weighted by Crippen LogP contribution is 2.27. The monoisotopic (exact) mass is 315 g/mol. The fourth-order valence-electron chi connectivity index (χ4n) is 2.12. The van der Waals surface area contributed by atoms with E-state index in [9.17, 15) is 0 Å². The third-order valence-electron chi connectivity index (χ3n) is 3.28. The summed E-state index contributed by atoms with van der Waals surface area (Å²) in [6, 6.07) is 12.4. The number of nitrogen functional groups attached to an aromatic ring is 2. The molecule has 0 saturated heterocycles. The molecule has 0 amide bonds. The average Bonchev–Trinajstić information content (AvgIpc) is 2.54. The van der Waals surface area contributed by atoms with Gasteiger partial charge in [0, 0.05) is 24.5 Å². The Morgan fingerprint density at radius 3 is 2.09 bits per heavy atom. The summed E-state index contributed by atoms with van der Waals surface area (Å²) < 4.78 is 0. The van der Waals surface area contributed by atoms with Crippen molar-refractivity contribution in [2.75, 3.05) is 42.7 Å². The number of aliphatic hydroxyl groups excluding tert-OH is 2. The molecule has 0 bridgehead atoms. The van der Waals surface area contributed by atoms with Crippen LogP contribution in [0.1, 0.15) is 0 Å². The van der Waals surface area contributed by atoms with E-state index in [-0.39, 0.29) is 13.2 Å². The van der Waals surface area contributed by atoms with Crippen molar-refractivity contribution in [1.29, 1.82) is 0 Å². The molecule has 6 N–H and O–H groups in total. The minimum Gasteiger partial charge on any atom is -0.399 e. The smallest absolute Gasteiger partial charge is 0.109 e. The van der Waals surface area contributed by atoms with Gasteiger partial charge in [0.2, 0.25) is 0 Å². The molecule has 0 spiro atoms. The quantitative estimate of drug-likeness (QED) is 0.460. The lowest BCUT2D eigenvalue weighted by molar-refractivity contribution is 0.281. The first-order chi connectivity index (χ1) is 11.1. The zero-order valence-corrected chi connectivity index (χ0v) is 12.8. The van der Waals surface area contributed by atoms with Crippen molar-refractivity contribution in [2.45, 2.75) is 0 Å². The molecule has 0 unspecified atom stereocenters. The van der Waals surface area contributed by atoms with Crippen molar-refractivity contribution >= 4 is 28.4 Å². The van der Waals surface area contributed by atoms with Crippen LogP contribution < -0.4 is 16.4 Å². The largest absolute Gasteiger partial charge is 0.399 e. The summed E-state index contributed by atoms with van der Waals surface area (Å²) >= 11 is 0. The highest BCUT2D eigenvalue weighted by atomic mass is 16.3. The highest BCUT2D eigenvalue weighted by molar-refractivity contribution is 5.67. The summed E-state index contributed by atoms with van der Waals surface area (Å²) in [5, 5.41) is 26.4. The number of benzene rings is 2. The molecule has 2 aromatic carbocycles. The summed E-state index contributed by atoms with van der Waals surface area (Å²) in [6.45, 7) is 0.975. The fourth-order valence-corrected chi connectivity index (χ4v) is 2.12. The van der Waals surface area contributed by atoms with Crippen molar-refractivity contribution < 1.29 is 10.2 Å². The van der Waals surface area contributed by atoms with E-state index < -0.39 is 0 Å². The van der Waals surface area contributed by atoms with Gasteiger partial charge in [0.25, 0.3) is 0 Å². The van der Waals surface area contributed by atoms with Crippen LogP contribution in [-0.2, 0) is 0 Å². The second kappa shape index (κ2) is 8.11. The predicted molar refractivity (Wildman–Crippen MR) is 92.3 cm³/mol. The summed E-state index contributed by atoms with van der Waals surface area (Å²) in [5.41, 5.74) is 14.7. The molecule has 2 rings (SSSR count). The van der Waals surface area contributed by atoms with Gasteiger partial charge in [-0.2, -0.15) is 5.11 Å². The second-order valence-corrected chi connectivity index (χ2v) is 4.97. The number of azo groups is 1. The Hall–Kier alpha value is -2.64. The standard InChI is InChI=1S/C16H21N5O2/c17-12-1-6-16(15(18)11-12)20-19-13-2-4-14(5-3-13)21(7-9-22)8-10-23/h1-6,11,22-23H,7-10,17-18H2. The Morgan fingerprint density at radius 1 is 0.870 bits per heavy atom. The maximum atomic E-state index is 9.06. The van der Waals surface area contributed by atoms with E-state index in [2.05, 4.69) is 10.2 Å². The molecule has 0 heterocycles. The van der Waals surface area contributed by atoms with Gasteiger partial charge in [0.05, 0.1) is 24.6 Å². The van der Waals surface area contributed by atoms with E-state index in [1.807, 2.05) is 29.2 Å². The maximum absolute atomic E-state index is 9.06. The second-order valence-electron chi connectivity index (χ2n) is 4.97. The lowest BCUT2D eigenvalue weighted by Crippen LogP contribution is -2.29. The number of hydrogen-bond donors (Lipinski definition) is 4. The van der Waals surface area contributed by atoms with E-state index in [0.717, 1.165) is 5.69 Å². The molecule has 0 radical (unpaired) electrons. The minimum atomic E-state index is 0.0257. The Bertz CT molecular complexity index is 652. The zero-order valence-electron chi connectivity index (χ0n) is 12.8. The molecule has 7 nitrogen and oxygen atoms in total. The van der Waals surface area contributed by atoms with Crippen molar-refractivity contribution in [3.8, 4) is 0 Å². The Labute approximate surface area is 134 Å². The number of nitrogens with zero attached hydrogens (tertiary/aromatic N) is 3. The lowest BCUT2D eigenvalue weighted by Gasteiger charge is -2.22. The van der Waals surface area contributed by atoms with Gasteiger partial charge in [-0.25, -0.2) is 0 Å². The van der Waals surface area contributed by atoms with Gasteiger partial charge in [-0.05, 0) is 42.5 Å². The summed E-state index contributed by atoms with van der Waals surface area (Å²) in [5.74, 6) is 0. The highest BCUT2D eigenvalue weighted by Gasteiger charge is 2.05. The summed E-state index contributed by atoms with van der Waals surface area (Å²) in [4.78, 5) is 1.89. The molecular weight excluding hydrogens is 294 g/mol. The number of aliphatic hydroxyl groups is 2. The van der Waals surface area contributed by atoms with E-state index in [0.29, 0.717) is 35.8 Å². The van der Waals surface area contributed by atoms with Gasteiger partial charge >= 0.3 is 0 Å². The van der Waals surface area contributed by atoms with Gasteiger partial charge in [-0.3, -0.25) is 0 Å². The number of anilines is 3. The van der Waals surface area contributed by atoms with Gasteiger partial charge in [-0.15, -0.1) is 5.11 Å². The van der Waals surface area contributed by atoms with Gasteiger partial charge in [0.15, 0.2) is 0 Å². The molecule has 0 fully saturated rings. The first-order valence-corrected chi connectivity index (χ1v) is 7.27. The van der Waals surface area contributed by atoms with Crippen LogP contribution in [0, 0.1) is 0 Å². The van der Waals surface area contributed by atoms with Crippen LogP contribution in [0.15, 0.2) is 52.7 Å². The molecular formula is C16H21N5O2. The van der Waals surface area contributed by atoms with Crippen LogP contribution in [-0.4, -0.2) is 36.5 Å². The van der Waals surface area contributed by atoms with Crippen LogP contribution in [0.25, 0.3) is 0 Å².